The van der Waals surface area contributed by atoms with Crippen LogP contribution >= 0.6 is 0 Å². The summed E-state index contributed by atoms with van der Waals surface area (Å²) in [6.45, 7) is 5.12. The summed E-state index contributed by atoms with van der Waals surface area (Å²) in [5.74, 6) is -1.06. The average molecular weight is 265 g/mol. The maximum atomic E-state index is 12.2. The highest BCUT2D eigenvalue weighted by Crippen LogP contribution is 2.16. The van der Waals surface area contributed by atoms with E-state index in [9.17, 15) is 9.59 Å². The molecule has 5 nitrogen and oxygen atoms in total. The summed E-state index contributed by atoms with van der Waals surface area (Å²) in [5.41, 5.74) is 3.25. The third-order valence-electron chi connectivity index (χ3n) is 2.88. The molecule has 0 aliphatic heterocycles. The summed E-state index contributed by atoms with van der Waals surface area (Å²) in [4.78, 5) is 23.5. The SMILES string of the molecule is COC(=O)C(CO)NC(=O)c1c(C)cc(C)cc1C. The van der Waals surface area contributed by atoms with Gasteiger partial charge in [0, 0.05) is 5.56 Å². The van der Waals surface area contributed by atoms with Crippen molar-refractivity contribution in [1.82, 2.24) is 5.32 Å². The molecule has 1 aromatic carbocycles. The number of carbonyl (C=O) groups is 2. The van der Waals surface area contributed by atoms with Crippen LogP contribution in [0.2, 0.25) is 0 Å². The number of aryl methyl sites for hydroxylation is 3. The molecule has 0 fully saturated rings. The standard InChI is InChI=1S/C14H19NO4/c1-8-5-9(2)12(10(3)6-8)13(17)15-11(7-16)14(18)19-4/h5-6,11,16H,7H2,1-4H3,(H,15,17). The molecule has 0 heterocycles. The molecule has 1 amide bonds. The average Bonchev–Trinajstić information content (AvgIpc) is 2.33. The molecule has 104 valence electrons. The molecule has 1 rings (SSSR count). The largest absolute Gasteiger partial charge is 0.467 e. The molecule has 1 atom stereocenters. The summed E-state index contributed by atoms with van der Waals surface area (Å²) in [7, 11) is 1.21. The molecule has 1 unspecified atom stereocenters. The summed E-state index contributed by atoms with van der Waals surface area (Å²) in [6, 6.07) is 2.75. The lowest BCUT2D eigenvalue weighted by Gasteiger charge is -2.16. The van der Waals surface area contributed by atoms with Crippen molar-refractivity contribution in [3.8, 4) is 0 Å². The van der Waals surface area contributed by atoms with Crippen molar-refractivity contribution in [1.29, 1.82) is 0 Å². The molecule has 2 N–H and O–H groups in total. The Morgan fingerprint density at radius 1 is 1.26 bits per heavy atom. The number of methoxy groups -OCH3 is 1. The maximum Gasteiger partial charge on any atom is 0.330 e. The highest BCUT2D eigenvalue weighted by molar-refractivity contribution is 5.99. The van der Waals surface area contributed by atoms with Crippen LogP contribution in [0.1, 0.15) is 27.0 Å². The van der Waals surface area contributed by atoms with Gasteiger partial charge in [0.1, 0.15) is 0 Å². The predicted molar refractivity (Wildman–Crippen MR) is 71.0 cm³/mol. The Kier molecular flexibility index (Phi) is 5.06. The molecule has 1 aromatic rings. The van der Waals surface area contributed by atoms with Gasteiger partial charge in [-0.1, -0.05) is 17.7 Å². The van der Waals surface area contributed by atoms with E-state index >= 15 is 0 Å². The number of ether oxygens (including phenoxy) is 1. The van der Waals surface area contributed by atoms with Gasteiger partial charge in [0.15, 0.2) is 6.04 Å². The highest BCUT2D eigenvalue weighted by Gasteiger charge is 2.22. The van der Waals surface area contributed by atoms with Crippen molar-refractivity contribution < 1.29 is 19.4 Å². The molecule has 0 saturated heterocycles. The molecular weight excluding hydrogens is 246 g/mol. The zero-order valence-electron chi connectivity index (χ0n) is 11.6. The van der Waals surface area contributed by atoms with Crippen LogP contribution in [0.4, 0.5) is 0 Å². The van der Waals surface area contributed by atoms with Gasteiger partial charge < -0.3 is 15.2 Å². The van der Waals surface area contributed by atoms with E-state index in [1.165, 1.54) is 7.11 Å². The smallest absolute Gasteiger partial charge is 0.330 e. The fourth-order valence-electron chi connectivity index (χ4n) is 2.09. The van der Waals surface area contributed by atoms with Crippen molar-refractivity contribution in [2.75, 3.05) is 13.7 Å². The quantitative estimate of drug-likeness (QED) is 0.792. The Balaban J connectivity index is 2.98. The number of esters is 1. The second kappa shape index (κ2) is 6.33. The van der Waals surface area contributed by atoms with Crippen molar-refractivity contribution in [3.63, 3.8) is 0 Å². The number of rotatable bonds is 4. The van der Waals surface area contributed by atoms with Crippen LogP contribution in [-0.4, -0.2) is 36.7 Å². The van der Waals surface area contributed by atoms with Gasteiger partial charge in [-0.25, -0.2) is 4.79 Å². The molecule has 19 heavy (non-hydrogen) atoms. The fraction of sp³-hybridized carbons (Fsp3) is 0.429. The van der Waals surface area contributed by atoms with Crippen molar-refractivity contribution in [2.24, 2.45) is 0 Å². The van der Waals surface area contributed by atoms with Crippen molar-refractivity contribution in [3.05, 3.63) is 34.4 Å². The number of nitrogens with one attached hydrogen (secondary N) is 1. The minimum Gasteiger partial charge on any atom is -0.467 e. The lowest BCUT2D eigenvalue weighted by molar-refractivity contribution is -0.143. The molecular formula is C14H19NO4. The van der Waals surface area contributed by atoms with Crippen LogP contribution in [0.5, 0.6) is 0 Å². The molecule has 0 aliphatic rings. The number of carbonyl (C=O) groups excluding carboxylic acids is 2. The van der Waals surface area contributed by atoms with Gasteiger partial charge in [0.2, 0.25) is 0 Å². The number of hydrogen-bond donors (Lipinski definition) is 2. The Hall–Kier alpha value is -1.88. The van der Waals surface area contributed by atoms with Crippen LogP contribution in [-0.2, 0) is 9.53 Å². The van der Waals surface area contributed by atoms with E-state index in [1.54, 1.807) is 0 Å². The third kappa shape index (κ3) is 3.54. The number of aliphatic hydroxyl groups excluding tert-OH is 1. The summed E-state index contributed by atoms with van der Waals surface area (Å²) in [6.07, 6.45) is 0. The first-order chi connectivity index (χ1) is 8.90. The van der Waals surface area contributed by atoms with E-state index in [1.807, 2.05) is 32.9 Å². The molecule has 0 bridgehead atoms. The Morgan fingerprint density at radius 2 is 1.79 bits per heavy atom. The van der Waals surface area contributed by atoms with Crippen molar-refractivity contribution in [2.45, 2.75) is 26.8 Å². The van der Waals surface area contributed by atoms with Gasteiger partial charge in [-0.05, 0) is 31.9 Å². The number of hydrogen-bond acceptors (Lipinski definition) is 4. The lowest BCUT2D eigenvalue weighted by Crippen LogP contribution is -2.44. The van der Waals surface area contributed by atoms with E-state index < -0.39 is 18.6 Å². The highest BCUT2D eigenvalue weighted by atomic mass is 16.5. The van der Waals surface area contributed by atoms with E-state index in [0.29, 0.717) is 5.56 Å². The summed E-state index contributed by atoms with van der Waals surface area (Å²) >= 11 is 0. The Labute approximate surface area is 112 Å². The van der Waals surface area contributed by atoms with E-state index in [2.05, 4.69) is 10.1 Å². The normalized spacial score (nSPS) is 11.8. The number of benzene rings is 1. The van der Waals surface area contributed by atoms with E-state index in [4.69, 9.17) is 5.11 Å². The fourth-order valence-corrected chi connectivity index (χ4v) is 2.09. The molecule has 0 saturated carbocycles. The molecule has 0 radical (unpaired) electrons. The molecule has 0 aliphatic carbocycles. The van der Waals surface area contributed by atoms with E-state index in [-0.39, 0.29) is 5.91 Å². The van der Waals surface area contributed by atoms with Crippen LogP contribution in [0.3, 0.4) is 0 Å². The monoisotopic (exact) mass is 265 g/mol. The second-order valence-corrected chi connectivity index (χ2v) is 4.51. The maximum absolute atomic E-state index is 12.2. The first kappa shape index (κ1) is 15.2. The zero-order chi connectivity index (χ0) is 14.6. The third-order valence-corrected chi connectivity index (χ3v) is 2.88. The predicted octanol–water partition coefficient (Wildman–Crippen LogP) is 0.876. The van der Waals surface area contributed by atoms with Gasteiger partial charge in [0.25, 0.3) is 5.91 Å². The van der Waals surface area contributed by atoms with Gasteiger partial charge in [-0.3, -0.25) is 4.79 Å². The van der Waals surface area contributed by atoms with Crippen LogP contribution in [0, 0.1) is 20.8 Å². The van der Waals surface area contributed by atoms with Gasteiger partial charge >= 0.3 is 5.97 Å². The van der Waals surface area contributed by atoms with Gasteiger partial charge in [-0.15, -0.1) is 0 Å². The number of aliphatic hydroxyl groups is 1. The summed E-state index contributed by atoms with van der Waals surface area (Å²) in [5, 5.41) is 11.6. The molecule has 5 heteroatoms. The summed E-state index contributed by atoms with van der Waals surface area (Å²) < 4.78 is 4.51. The number of amides is 1. The first-order valence-electron chi connectivity index (χ1n) is 5.98. The Morgan fingerprint density at radius 3 is 2.21 bits per heavy atom. The first-order valence-corrected chi connectivity index (χ1v) is 5.98. The van der Waals surface area contributed by atoms with E-state index in [0.717, 1.165) is 16.7 Å². The van der Waals surface area contributed by atoms with Crippen molar-refractivity contribution >= 4 is 11.9 Å². The minimum atomic E-state index is -1.04. The van der Waals surface area contributed by atoms with Crippen LogP contribution in [0.15, 0.2) is 12.1 Å². The van der Waals surface area contributed by atoms with Crippen LogP contribution in [0.25, 0.3) is 0 Å². The Bertz CT molecular complexity index is 473. The zero-order valence-corrected chi connectivity index (χ0v) is 11.6. The lowest BCUT2D eigenvalue weighted by atomic mass is 9.99. The molecule has 0 aromatic heterocycles. The van der Waals surface area contributed by atoms with Gasteiger partial charge in [-0.2, -0.15) is 0 Å². The topological polar surface area (TPSA) is 75.6 Å². The van der Waals surface area contributed by atoms with Crippen LogP contribution < -0.4 is 5.32 Å². The second-order valence-electron chi connectivity index (χ2n) is 4.51. The molecule has 0 spiro atoms. The minimum absolute atomic E-state index is 0.389. The van der Waals surface area contributed by atoms with Gasteiger partial charge in [0.05, 0.1) is 13.7 Å².